The molecule has 0 aromatic heterocycles. The lowest BCUT2D eigenvalue weighted by Gasteiger charge is -2.30. The van der Waals surface area contributed by atoms with E-state index >= 15 is 0 Å². The van der Waals surface area contributed by atoms with E-state index in [0.717, 1.165) is 11.1 Å². The highest BCUT2D eigenvalue weighted by molar-refractivity contribution is 5.75. The van der Waals surface area contributed by atoms with Gasteiger partial charge in [-0.2, -0.15) is 0 Å². The topological polar surface area (TPSA) is 80.0 Å². The molecule has 3 rings (SSSR count). The Morgan fingerprint density at radius 1 is 0.929 bits per heavy atom. The van der Waals surface area contributed by atoms with Gasteiger partial charge in [-0.1, -0.05) is 60.7 Å². The van der Waals surface area contributed by atoms with Gasteiger partial charge in [0.05, 0.1) is 26.4 Å². The highest BCUT2D eigenvalue weighted by Crippen LogP contribution is 2.19. The average molecular weight is 385 g/mol. The molecule has 0 spiro atoms. The zero-order chi connectivity index (χ0) is 19.8. The van der Waals surface area contributed by atoms with Crippen molar-refractivity contribution >= 4 is 5.97 Å². The molecule has 0 radical (unpaired) electrons. The maximum atomic E-state index is 12.1. The second-order valence-electron chi connectivity index (χ2n) is 6.88. The molecule has 1 fully saturated rings. The third kappa shape index (κ3) is 5.87. The molecule has 1 aliphatic rings. The van der Waals surface area contributed by atoms with Crippen LogP contribution in [0.3, 0.4) is 0 Å². The van der Waals surface area contributed by atoms with E-state index in [-0.39, 0.29) is 13.2 Å². The lowest BCUT2D eigenvalue weighted by Crippen LogP contribution is -2.44. The minimum Gasteiger partial charge on any atom is -0.459 e. The van der Waals surface area contributed by atoms with Crippen LogP contribution in [0.1, 0.15) is 18.1 Å². The number of hydrogen-bond donors (Lipinski definition) is 1. The van der Waals surface area contributed by atoms with Crippen LogP contribution in [0, 0.1) is 0 Å². The molecule has 6 nitrogen and oxygen atoms in total. The Labute approximate surface area is 165 Å². The number of ether oxygens (including phenoxy) is 4. The van der Waals surface area contributed by atoms with Crippen molar-refractivity contribution in [3.8, 4) is 0 Å². The quantitative estimate of drug-likeness (QED) is 0.770. The fraction of sp³-hybridized carbons (Fsp3) is 0.409. The number of benzene rings is 2. The summed E-state index contributed by atoms with van der Waals surface area (Å²) in [5, 5.41) is 0. The van der Waals surface area contributed by atoms with Crippen LogP contribution < -0.4 is 5.73 Å². The van der Waals surface area contributed by atoms with Gasteiger partial charge in [0.15, 0.2) is 0 Å². The SMILES string of the molecule is C[C@@H]1OC(=O)[C@@H](N)COC[C@@H](OCc2ccccc2)[C@@H]1OCc1ccccc1. The van der Waals surface area contributed by atoms with Crippen molar-refractivity contribution in [3.63, 3.8) is 0 Å². The monoisotopic (exact) mass is 385 g/mol. The lowest BCUT2D eigenvalue weighted by atomic mass is 10.1. The van der Waals surface area contributed by atoms with Crippen molar-refractivity contribution in [2.24, 2.45) is 5.73 Å². The molecular formula is C22H27NO5. The summed E-state index contributed by atoms with van der Waals surface area (Å²) in [7, 11) is 0. The molecule has 2 aromatic rings. The summed E-state index contributed by atoms with van der Waals surface area (Å²) in [6, 6.07) is 18.9. The summed E-state index contributed by atoms with van der Waals surface area (Å²) in [5.74, 6) is -0.496. The summed E-state index contributed by atoms with van der Waals surface area (Å²) in [6.07, 6.45) is -1.42. The maximum Gasteiger partial charge on any atom is 0.325 e. The highest BCUT2D eigenvalue weighted by atomic mass is 16.6. The van der Waals surface area contributed by atoms with Gasteiger partial charge in [-0.3, -0.25) is 4.79 Å². The van der Waals surface area contributed by atoms with Gasteiger partial charge < -0.3 is 24.7 Å². The molecule has 0 bridgehead atoms. The minimum atomic E-state index is -0.815. The van der Waals surface area contributed by atoms with E-state index in [1.54, 1.807) is 6.92 Å². The van der Waals surface area contributed by atoms with Gasteiger partial charge in [-0.25, -0.2) is 0 Å². The predicted molar refractivity (Wildman–Crippen MR) is 104 cm³/mol. The van der Waals surface area contributed by atoms with Crippen molar-refractivity contribution < 1.29 is 23.7 Å². The number of nitrogens with two attached hydrogens (primary N) is 1. The Hall–Kier alpha value is -2.25. The fourth-order valence-electron chi connectivity index (χ4n) is 3.04. The van der Waals surface area contributed by atoms with Crippen molar-refractivity contribution in [1.29, 1.82) is 0 Å². The molecule has 150 valence electrons. The number of cyclic esters (lactones) is 1. The molecule has 1 heterocycles. The Morgan fingerprint density at radius 3 is 2.11 bits per heavy atom. The Kier molecular flexibility index (Phi) is 7.56. The number of esters is 1. The molecule has 0 aliphatic carbocycles. The largest absolute Gasteiger partial charge is 0.459 e. The average Bonchev–Trinajstić information content (AvgIpc) is 2.76. The van der Waals surface area contributed by atoms with E-state index in [0.29, 0.717) is 13.2 Å². The van der Waals surface area contributed by atoms with Gasteiger partial charge in [0.1, 0.15) is 24.4 Å². The first-order valence-corrected chi connectivity index (χ1v) is 9.48. The second kappa shape index (κ2) is 10.3. The first kappa shape index (κ1) is 20.5. The predicted octanol–water partition coefficient (Wildman–Crippen LogP) is 2.45. The second-order valence-corrected chi connectivity index (χ2v) is 6.88. The van der Waals surface area contributed by atoms with Gasteiger partial charge in [-0.05, 0) is 18.1 Å². The summed E-state index contributed by atoms with van der Waals surface area (Å²) < 4.78 is 23.4. The number of carbonyl (C=O) groups is 1. The highest BCUT2D eigenvalue weighted by Gasteiger charge is 2.34. The molecule has 1 aliphatic heterocycles. The van der Waals surface area contributed by atoms with Crippen LogP contribution in [0.4, 0.5) is 0 Å². The number of rotatable bonds is 6. The molecule has 2 N–H and O–H groups in total. The number of hydrogen-bond acceptors (Lipinski definition) is 6. The lowest BCUT2D eigenvalue weighted by molar-refractivity contribution is -0.170. The smallest absolute Gasteiger partial charge is 0.325 e. The van der Waals surface area contributed by atoms with Crippen molar-refractivity contribution in [3.05, 3.63) is 71.8 Å². The standard InChI is InChI=1S/C22H27NO5/c1-16-21(27-13-18-10-6-3-7-11-18)20(15-25-14-19(23)22(24)28-16)26-12-17-8-4-2-5-9-17/h2-11,16,19-21H,12-15,23H2,1H3/t16-,19-,20+,21+/m0/s1. The van der Waals surface area contributed by atoms with Gasteiger partial charge >= 0.3 is 5.97 Å². The third-order valence-corrected chi connectivity index (χ3v) is 4.61. The molecule has 0 saturated carbocycles. The molecule has 28 heavy (non-hydrogen) atoms. The Bertz CT molecular complexity index is 724. The number of carbonyl (C=O) groups excluding carboxylic acids is 1. The van der Waals surface area contributed by atoms with E-state index in [1.165, 1.54) is 0 Å². The normalized spacial score (nSPS) is 26.0. The zero-order valence-electron chi connectivity index (χ0n) is 16.0. The minimum absolute atomic E-state index is 0.0855. The van der Waals surface area contributed by atoms with Crippen molar-refractivity contribution in [2.75, 3.05) is 13.2 Å². The van der Waals surface area contributed by atoms with Crippen LogP contribution in [0.2, 0.25) is 0 Å². The van der Waals surface area contributed by atoms with E-state index in [1.807, 2.05) is 60.7 Å². The van der Waals surface area contributed by atoms with Crippen LogP contribution in [-0.2, 0) is 37.0 Å². The molecule has 0 unspecified atom stereocenters. The van der Waals surface area contributed by atoms with E-state index in [2.05, 4.69) is 0 Å². The van der Waals surface area contributed by atoms with E-state index in [9.17, 15) is 4.79 Å². The van der Waals surface area contributed by atoms with Crippen LogP contribution in [-0.4, -0.2) is 43.5 Å². The zero-order valence-corrected chi connectivity index (χ0v) is 16.0. The van der Waals surface area contributed by atoms with Crippen molar-refractivity contribution in [2.45, 2.75) is 44.5 Å². The molecule has 4 atom stereocenters. The van der Waals surface area contributed by atoms with Crippen molar-refractivity contribution in [1.82, 2.24) is 0 Å². The summed E-state index contributed by atoms with van der Waals surface area (Å²) in [5.41, 5.74) is 7.89. The van der Waals surface area contributed by atoms with Crippen LogP contribution in [0.15, 0.2) is 60.7 Å². The van der Waals surface area contributed by atoms with Crippen LogP contribution in [0.5, 0.6) is 0 Å². The molecular weight excluding hydrogens is 358 g/mol. The summed E-state index contributed by atoms with van der Waals surface area (Å²) in [4.78, 5) is 12.1. The third-order valence-electron chi connectivity index (χ3n) is 4.61. The molecule has 2 aromatic carbocycles. The van der Waals surface area contributed by atoms with Crippen LogP contribution in [0.25, 0.3) is 0 Å². The summed E-state index contributed by atoms with van der Waals surface area (Å²) in [6.45, 7) is 2.94. The Balaban J connectivity index is 1.72. The molecule has 6 heteroatoms. The van der Waals surface area contributed by atoms with Gasteiger partial charge in [0.25, 0.3) is 0 Å². The molecule has 0 amide bonds. The maximum absolute atomic E-state index is 12.1. The molecule has 1 saturated heterocycles. The first-order chi connectivity index (χ1) is 13.6. The van der Waals surface area contributed by atoms with Gasteiger partial charge in [0, 0.05) is 0 Å². The van der Waals surface area contributed by atoms with E-state index < -0.39 is 30.3 Å². The van der Waals surface area contributed by atoms with Gasteiger partial charge in [0.2, 0.25) is 0 Å². The Morgan fingerprint density at radius 2 is 1.50 bits per heavy atom. The summed E-state index contributed by atoms with van der Waals surface area (Å²) >= 11 is 0. The van der Waals surface area contributed by atoms with Crippen LogP contribution >= 0.6 is 0 Å². The first-order valence-electron chi connectivity index (χ1n) is 9.48. The van der Waals surface area contributed by atoms with E-state index in [4.69, 9.17) is 24.7 Å². The fourth-order valence-corrected chi connectivity index (χ4v) is 3.04. The van der Waals surface area contributed by atoms with Gasteiger partial charge in [-0.15, -0.1) is 0 Å².